The summed E-state index contributed by atoms with van der Waals surface area (Å²) in [7, 11) is 0. The van der Waals surface area contributed by atoms with E-state index >= 15 is 0 Å². The number of hydrogen-bond donors (Lipinski definition) is 1. The van der Waals surface area contributed by atoms with Crippen LogP contribution in [0.1, 0.15) is 23.1 Å². The Morgan fingerprint density at radius 2 is 2.03 bits per heavy atom. The summed E-state index contributed by atoms with van der Waals surface area (Å²) < 4.78 is 0. The number of aliphatic imine (C=N–C) groups is 1. The van der Waals surface area contributed by atoms with E-state index in [1.165, 1.54) is 43.0 Å². The molecule has 1 amide bonds. The molecule has 0 aromatic heterocycles. The number of aryl methyl sites for hydroxylation is 1. The molecule has 2 aromatic carbocycles. The third-order valence-electron chi connectivity index (χ3n) is 7.00. The molecule has 158 valence electrons. The highest BCUT2D eigenvalue weighted by atomic mass is 16.1. The fraction of sp³-hybridized carbons (Fsp3) is 0.360. The number of benzene rings is 2. The summed E-state index contributed by atoms with van der Waals surface area (Å²) in [6.45, 7) is 7.58. The minimum absolute atomic E-state index is 0.0630. The lowest BCUT2D eigenvalue weighted by molar-refractivity contribution is -0.115. The van der Waals surface area contributed by atoms with Crippen molar-refractivity contribution in [3.63, 3.8) is 0 Å². The average molecular weight is 414 g/mol. The summed E-state index contributed by atoms with van der Waals surface area (Å²) in [6, 6.07) is 13.5. The molecule has 4 aliphatic heterocycles. The van der Waals surface area contributed by atoms with Gasteiger partial charge in [-0.05, 0) is 60.9 Å². The van der Waals surface area contributed by atoms with Gasteiger partial charge >= 0.3 is 0 Å². The summed E-state index contributed by atoms with van der Waals surface area (Å²) in [4.78, 5) is 23.8. The number of hydrogen-bond acceptors (Lipinski definition) is 5. The molecule has 31 heavy (non-hydrogen) atoms. The van der Waals surface area contributed by atoms with Crippen molar-refractivity contribution in [2.45, 2.75) is 25.8 Å². The van der Waals surface area contributed by atoms with Crippen LogP contribution in [0.5, 0.6) is 0 Å². The number of nitrogens with one attached hydrogen (secondary N) is 1. The largest absolute Gasteiger partial charge is 0.366 e. The van der Waals surface area contributed by atoms with E-state index in [2.05, 4.69) is 63.5 Å². The maximum Gasteiger partial charge on any atom is 0.228 e. The molecule has 0 radical (unpaired) electrons. The van der Waals surface area contributed by atoms with Gasteiger partial charge in [0.15, 0.2) is 0 Å². The lowest BCUT2D eigenvalue weighted by Gasteiger charge is -2.37. The summed E-state index contributed by atoms with van der Waals surface area (Å²) in [5.41, 5.74) is 7.88. The number of rotatable bonds is 3. The second-order valence-electron chi connectivity index (χ2n) is 8.97. The third-order valence-corrected chi connectivity index (χ3v) is 7.00. The molecule has 6 nitrogen and oxygen atoms in total. The molecule has 2 fully saturated rings. The van der Waals surface area contributed by atoms with E-state index in [9.17, 15) is 4.79 Å². The Bertz CT molecular complexity index is 1120. The normalized spacial score (nSPS) is 24.3. The Morgan fingerprint density at radius 1 is 1.10 bits per heavy atom. The highest BCUT2D eigenvalue weighted by molar-refractivity contribution is 6.10. The number of nitrogens with zero attached hydrogens (tertiary/aromatic N) is 4. The molecule has 0 aliphatic carbocycles. The summed E-state index contributed by atoms with van der Waals surface area (Å²) >= 11 is 0. The van der Waals surface area contributed by atoms with Gasteiger partial charge in [0, 0.05) is 61.0 Å². The summed E-state index contributed by atoms with van der Waals surface area (Å²) in [5, 5.41) is 2.89. The Balaban J connectivity index is 1.18. The van der Waals surface area contributed by atoms with E-state index in [0.29, 0.717) is 19.1 Å². The molecule has 2 saturated heterocycles. The molecule has 2 unspecified atom stereocenters. The van der Waals surface area contributed by atoms with Crippen molar-refractivity contribution in [3.8, 4) is 0 Å². The SMILES string of the molecule is Cc1cc(N2C=CC(c3ccc4c(c3)CC(=O)N4)=NC2)ccc1N1CCN2CCC1C2. The van der Waals surface area contributed by atoms with Crippen molar-refractivity contribution < 1.29 is 4.79 Å². The van der Waals surface area contributed by atoms with Crippen LogP contribution in [0.2, 0.25) is 0 Å². The van der Waals surface area contributed by atoms with Crippen molar-refractivity contribution in [3.05, 3.63) is 65.4 Å². The molecule has 4 heterocycles. The zero-order valence-corrected chi connectivity index (χ0v) is 17.8. The second-order valence-corrected chi connectivity index (χ2v) is 8.97. The van der Waals surface area contributed by atoms with E-state index in [1.807, 2.05) is 12.1 Å². The third kappa shape index (κ3) is 3.31. The molecule has 0 saturated carbocycles. The van der Waals surface area contributed by atoms with Gasteiger partial charge in [-0.25, -0.2) is 0 Å². The summed E-state index contributed by atoms with van der Waals surface area (Å²) in [6.07, 6.45) is 5.91. The van der Waals surface area contributed by atoms with Gasteiger partial charge in [0.05, 0.1) is 12.1 Å². The van der Waals surface area contributed by atoms with Crippen LogP contribution in [0.25, 0.3) is 0 Å². The number of carbonyl (C=O) groups is 1. The van der Waals surface area contributed by atoms with Crippen molar-refractivity contribution in [1.29, 1.82) is 0 Å². The maximum absolute atomic E-state index is 11.6. The first-order valence-corrected chi connectivity index (χ1v) is 11.2. The lowest BCUT2D eigenvalue weighted by Crippen LogP contribution is -2.47. The predicted molar refractivity (Wildman–Crippen MR) is 125 cm³/mol. The van der Waals surface area contributed by atoms with Gasteiger partial charge in [0.2, 0.25) is 5.91 Å². The molecule has 2 bridgehead atoms. The van der Waals surface area contributed by atoms with E-state index < -0.39 is 0 Å². The van der Waals surface area contributed by atoms with Crippen LogP contribution in [0.15, 0.2) is 53.7 Å². The molecular weight excluding hydrogens is 386 g/mol. The number of fused-ring (bicyclic) bond motifs is 3. The van der Waals surface area contributed by atoms with E-state index in [4.69, 9.17) is 4.99 Å². The Kier molecular flexibility index (Phi) is 4.35. The van der Waals surface area contributed by atoms with Crippen molar-refractivity contribution in [2.24, 2.45) is 4.99 Å². The fourth-order valence-corrected chi connectivity index (χ4v) is 5.32. The Hall–Kier alpha value is -3.12. The summed E-state index contributed by atoms with van der Waals surface area (Å²) in [5.74, 6) is 0.0630. The first kappa shape index (κ1) is 18.6. The van der Waals surface area contributed by atoms with E-state index in [1.54, 1.807) is 0 Å². The molecule has 2 aromatic rings. The molecule has 2 atom stereocenters. The minimum atomic E-state index is 0.0630. The maximum atomic E-state index is 11.6. The van der Waals surface area contributed by atoms with Gasteiger partial charge in [-0.2, -0.15) is 0 Å². The lowest BCUT2D eigenvalue weighted by atomic mass is 10.0. The van der Waals surface area contributed by atoms with Crippen LogP contribution >= 0.6 is 0 Å². The van der Waals surface area contributed by atoms with Gasteiger partial charge in [0.1, 0.15) is 6.67 Å². The van der Waals surface area contributed by atoms with Crippen LogP contribution in [0, 0.1) is 6.92 Å². The number of carbonyl (C=O) groups excluding carboxylic acids is 1. The zero-order chi connectivity index (χ0) is 20.9. The van der Waals surface area contributed by atoms with Gasteiger partial charge in [-0.1, -0.05) is 6.07 Å². The van der Waals surface area contributed by atoms with Crippen LogP contribution in [-0.4, -0.2) is 55.4 Å². The van der Waals surface area contributed by atoms with Gasteiger partial charge < -0.3 is 15.1 Å². The molecule has 1 N–H and O–H groups in total. The number of allylic oxidation sites excluding steroid dienone is 1. The predicted octanol–water partition coefficient (Wildman–Crippen LogP) is 3.16. The standard InChI is InChI=1S/C25H27N5O/c1-17-12-20(3-5-24(17)30-11-10-28-8-6-21(30)15-28)29-9-7-22(26-16-29)18-2-4-23-19(13-18)14-25(31)27-23/h2-5,7,9,12-13,21H,6,8,10-11,14-16H2,1H3,(H,27,31). The van der Waals surface area contributed by atoms with Crippen LogP contribution in [0.3, 0.4) is 0 Å². The Morgan fingerprint density at radius 3 is 2.87 bits per heavy atom. The highest BCUT2D eigenvalue weighted by Gasteiger charge is 2.33. The van der Waals surface area contributed by atoms with E-state index in [-0.39, 0.29) is 5.91 Å². The number of piperazine rings is 1. The van der Waals surface area contributed by atoms with Gasteiger partial charge in [0.25, 0.3) is 0 Å². The average Bonchev–Trinajstić information content (AvgIpc) is 3.35. The van der Waals surface area contributed by atoms with Crippen molar-refractivity contribution >= 4 is 28.7 Å². The number of anilines is 3. The molecule has 4 aliphatic rings. The Labute approximate surface area is 182 Å². The van der Waals surface area contributed by atoms with Gasteiger partial charge in [-0.15, -0.1) is 0 Å². The minimum Gasteiger partial charge on any atom is -0.366 e. The van der Waals surface area contributed by atoms with Crippen LogP contribution < -0.4 is 15.1 Å². The van der Waals surface area contributed by atoms with E-state index in [0.717, 1.165) is 29.1 Å². The van der Waals surface area contributed by atoms with Crippen molar-refractivity contribution in [1.82, 2.24) is 4.90 Å². The zero-order valence-electron chi connectivity index (χ0n) is 17.8. The molecular formula is C25H27N5O. The first-order valence-electron chi connectivity index (χ1n) is 11.2. The monoisotopic (exact) mass is 413 g/mol. The molecule has 0 spiro atoms. The fourth-order valence-electron chi connectivity index (χ4n) is 5.32. The van der Waals surface area contributed by atoms with Gasteiger partial charge in [-0.3, -0.25) is 14.7 Å². The number of amides is 1. The molecule has 6 heteroatoms. The quantitative estimate of drug-likeness (QED) is 0.840. The van der Waals surface area contributed by atoms with Crippen LogP contribution in [-0.2, 0) is 11.2 Å². The second kappa shape index (κ2) is 7.24. The van der Waals surface area contributed by atoms with Crippen LogP contribution in [0.4, 0.5) is 17.1 Å². The highest BCUT2D eigenvalue weighted by Crippen LogP contribution is 2.32. The topological polar surface area (TPSA) is 51.2 Å². The molecule has 6 rings (SSSR count). The first-order chi connectivity index (χ1) is 15.1. The smallest absolute Gasteiger partial charge is 0.228 e. The van der Waals surface area contributed by atoms with Crippen molar-refractivity contribution in [2.75, 3.05) is 48.0 Å².